The van der Waals surface area contributed by atoms with E-state index < -0.39 is 10.0 Å². The molecule has 1 saturated heterocycles. The summed E-state index contributed by atoms with van der Waals surface area (Å²) in [5.41, 5.74) is 3.76. The minimum atomic E-state index is -3.68. The summed E-state index contributed by atoms with van der Waals surface area (Å²) in [6, 6.07) is 5.40. The van der Waals surface area contributed by atoms with Crippen LogP contribution >= 0.6 is 0 Å². The molecule has 1 aliphatic heterocycles. The van der Waals surface area contributed by atoms with Gasteiger partial charge in [-0.3, -0.25) is 4.72 Å². The van der Waals surface area contributed by atoms with E-state index in [1.54, 1.807) is 30.7 Å². The molecule has 8 nitrogen and oxygen atoms in total. The molecule has 2 aliphatic rings. The Morgan fingerprint density at radius 3 is 2.40 bits per heavy atom. The average Bonchev–Trinajstić information content (AvgIpc) is 3.46. The fourth-order valence-corrected chi connectivity index (χ4v) is 5.23. The first-order chi connectivity index (χ1) is 14.6. The van der Waals surface area contributed by atoms with E-state index in [1.165, 1.54) is 29.3 Å². The first-order valence-corrected chi connectivity index (χ1v) is 11.8. The van der Waals surface area contributed by atoms with E-state index in [1.807, 2.05) is 6.07 Å². The molecular formula is C21H24N6O2S. The number of rotatable bonds is 5. The summed E-state index contributed by atoms with van der Waals surface area (Å²) < 4.78 is 29.8. The molecule has 0 radical (unpaired) electrons. The SMILES string of the molecule is O=S(=O)(Nc1cnn(-c2ncc(N3CCCC3)cn2)c1)c1ccc2c(c1)CCCC2. The van der Waals surface area contributed by atoms with Crippen molar-refractivity contribution in [1.82, 2.24) is 19.7 Å². The lowest BCUT2D eigenvalue weighted by Crippen LogP contribution is -2.18. The van der Waals surface area contributed by atoms with Crippen molar-refractivity contribution >= 4 is 21.4 Å². The molecule has 1 N–H and O–H groups in total. The van der Waals surface area contributed by atoms with E-state index in [9.17, 15) is 8.42 Å². The minimum Gasteiger partial charge on any atom is -0.369 e. The number of anilines is 2. The maximum atomic E-state index is 12.8. The Hall–Kier alpha value is -2.94. The van der Waals surface area contributed by atoms with Gasteiger partial charge in [-0.15, -0.1) is 0 Å². The molecule has 3 aromatic rings. The van der Waals surface area contributed by atoms with Crippen LogP contribution in [0.4, 0.5) is 11.4 Å². The third-order valence-corrected chi connectivity index (χ3v) is 7.14. The van der Waals surface area contributed by atoms with Gasteiger partial charge in [0.1, 0.15) is 0 Å². The van der Waals surface area contributed by atoms with Crippen LogP contribution in [0.25, 0.3) is 5.95 Å². The third kappa shape index (κ3) is 3.77. The van der Waals surface area contributed by atoms with Gasteiger partial charge < -0.3 is 4.90 Å². The van der Waals surface area contributed by atoms with Gasteiger partial charge in [-0.1, -0.05) is 6.07 Å². The van der Waals surface area contributed by atoms with Crippen molar-refractivity contribution in [2.45, 2.75) is 43.4 Å². The average molecular weight is 425 g/mol. The molecular weight excluding hydrogens is 400 g/mol. The molecule has 1 aromatic carbocycles. The predicted octanol–water partition coefficient (Wildman–Crippen LogP) is 2.94. The second kappa shape index (κ2) is 7.71. The van der Waals surface area contributed by atoms with E-state index >= 15 is 0 Å². The third-order valence-electron chi connectivity index (χ3n) is 5.77. The second-order valence-electron chi connectivity index (χ2n) is 7.85. The van der Waals surface area contributed by atoms with Crippen LogP contribution in [0.3, 0.4) is 0 Å². The van der Waals surface area contributed by atoms with Crippen LogP contribution in [0.1, 0.15) is 36.8 Å². The van der Waals surface area contributed by atoms with Crippen molar-refractivity contribution in [1.29, 1.82) is 0 Å². The summed E-state index contributed by atoms with van der Waals surface area (Å²) in [4.78, 5) is 11.3. The highest BCUT2D eigenvalue weighted by Gasteiger charge is 2.19. The van der Waals surface area contributed by atoms with Crippen LogP contribution < -0.4 is 9.62 Å². The van der Waals surface area contributed by atoms with Crippen LogP contribution in [-0.2, 0) is 22.9 Å². The Labute approximate surface area is 176 Å². The molecule has 9 heteroatoms. The standard InChI is InChI=1S/C21H24N6O2S/c28-30(29,20-8-7-16-5-1-2-6-17(16)11-20)25-18-12-24-27(15-18)21-22-13-19(14-23-21)26-9-3-4-10-26/h7-8,11-15,25H,1-6,9-10H2. The molecule has 0 atom stereocenters. The molecule has 1 fully saturated rings. The Morgan fingerprint density at radius 2 is 1.63 bits per heavy atom. The number of hydrogen-bond donors (Lipinski definition) is 1. The summed E-state index contributed by atoms with van der Waals surface area (Å²) in [6.07, 6.45) is 13.2. The van der Waals surface area contributed by atoms with E-state index in [0.717, 1.165) is 50.0 Å². The van der Waals surface area contributed by atoms with Crippen LogP contribution in [0, 0.1) is 0 Å². The van der Waals surface area contributed by atoms with Crippen molar-refractivity contribution in [3.63, 3.8) is 0 Å². The zero-order chi connectivity index (χ0) is 20.6. The molecule has 0 saturated carbocycles. The lowest BCUT2D eigenvalue weighted by Gasteiger charge is -2.16. The molecule has 156 valence electrons. The Kier molecular flexibility index (Phi) is 4.90. The van der Waals surface area contributed by atoms with Crippen LogP contribution in [0.2, 0.25) is 0 Å². The molecule has 3 heterocycles. The van der Waals surface area contributed by atoms with E-state index in [2.05, 4.69) is 24.7 Å². The van der Waals surface area contributed by atoms with Gasteiger partial charge in [-0.05, 0) is 61.8 Å². The molecule has 30 heavy (non-hydrogen) atoms. The van der Waals surface area contributed by atoms with Gasteiger partial charge in [-0.25, -0.2) is 23.1 Å². The van der Waals surface area contributed by atoms with Gasteiger partial charge in [0, 0.05) is 13.1 Å². The second-order valence-corrected chi connectivity index (χ2v) is 9.53. The zero-order valence-corrected chi connectivity index (χ0v) is 17.5. The van der Waals surface area contributed by atoms with Crippen molar-refractivity contribution in [3.05, 3.63) is 54.1 Å². The summed E-state index contributed by atoms with van der Waals surface area (Å²) in [5, 5.41) is 4.21. The van der Waals surface area contributed by atoms with Crippen LogP contribution in [0.15, 0.2) is 47.9 Å². The number of hydrogen-bond acceptors (Lipinski definition) is 6. The van der Waals surface area contributed by atoms with Crippen molar-refractivity contribution in [3.8, 4) is 5.95 Å². The topological polar surface area (TPSA) is 93.0 Å². The fourth-order valence-electron chi connectivity index (χ4n) is 4.15. The van der Waals surface area contributed by atoms with Crippen molar-refractivity contribution < 1.29 is 8.42 Å². The molecule has 5 rings (SSSR count). The van der Waals surface area contributed by atoms with Gasteiger partial charge in [0.2, 0.25) is 0 Å². The van der Waals surface area contributed by atoms with E-state index in [4.69, 9.17) is 0 Å². The normalized spacial score (nSPS) is 16.5. The van der Waals surface area contributed by atoms with Gasteiger partial charge in [-0.2, -0.15) is 5.10 Å². The largest absolute Gasteiger partial charge is 0.369 e. The maximum absolute atomic E-state index is 12.8. The number of sulfonamides is 1. The number of nitrogens with zero attached hydrogens (tertiary/aromatic N) is 5. The predicted molar refractivity (Wildman–Crippen MR) is 114 cm³/mol. The summed E-state index contributed by atoms with van der Waals surface area (Å²) in [5.74, 6) is 0.400. The van der Waals surface area contributed by atoms with Gasteiger partial charge >= 0.3 is 0 Å². The van der Waals surface area contributed by atoms with Crippen molar-refractivity contribution in [2.24, 2.45) is 0 Å². The zero-order valence-electron chi connectivity index (χ0n) is 16.7. The number of aromatic nitrogens is 4. The molecule has 0 unspecified atom stereocenters. The number of nitrogens with one attached hydrogen (secondary N) is 1. The maximum Gasteiger partial charge on any atom is 0.262 e. The molecule has 1 aliphatic carbocycles. The summed E-state index contributed by atoms with van der Waals surface area (Å²) >= 11 is 0. The van der Waals surface area contributed by atoms with Crippen LogP contribution in [0.5, 0.6) is 0 Å². The van der Waals surface area contributed by atoms with Crippen LogP contribution in [-0.4, -0.2) is 41.3 Å². The van der Waals surface area contributed by atoms with Gasteiger partial charge in [0.15, 0.2) is 0 Å². The molecule has 2 aromatic heterocycles. The number of aryl methyl sites for hydroxylation is 2. The summed E-state index contributed by atoms with van der Waals surface area (Å²) in [7, 11) is -3.68. The Morgan fingerprint density at radius 1 is 0.900 bits per heavy atom. The highest BCUT2D eigenvalue weighted by Crippen LogP contribution is 2.25. The minimum absolute atomic E-state index is 0.280. The lowest BCUT2D eigenvalue weighted by molar-refractivity contribution is 0.600. The van der Waals surface area contributed by atoms with Crippen molar-refractivity contribution in [2.75, 3.05) is 22.7 Å². The number of benzene rings is 1. The Bertz CT molecular complexity index is 1150. The van der Waals surface area contributed by atoms with Gasteiger partial charge in [0.25, 0.3) is 16.0 Å². The van der Waals surface area contributed by atoms with E-state index in [-0.39, 0.29) is 4.90 Å². The summed E-state index contributed by atoms with van der Waals surface area (Å²) in [6.45, 7) is 2.05. The lowest BCUT2D eigenvalue weighted by atomic mass is 9.92. The molecule has 0 bridgehead atoms. The molecule has 0 amide bonds. The first-order valence-electron chi connectivity index (χ1n) is 10.4. The highest BCUT2D eigenvalue weighted by atomic mass is 32.2. The highest BCUT2D eigenvalue weighted by molar-refractivity contribution is 7.92. The quantitative estimate of drug-likeness (QED) is 0.677. The fraction of sp³-hybridized carbons (Fsp3) is 0.381. The number of fused-ring (bicyclic) bond motifs is 1. The monoisotopic (exact) mass is 424 g/mol. The van der Waals surface area contributed by atoms with E-state index in [0.29, 0.717) is 11.6 Å². The molecule has 0 spiro atoms. The smallest absolute Gasteiger partial charge is 0.262 e. The van der Waals surface area contributed by atoms with Gasteiger partial charge in [0.05, 0.1) is 41.1 Å². The Balaban J connectivity index is 1.33. The first kappa shape index (κ1) is 19.0.